The Morgan fingerprint density at radius 2 is 2.40 bits per heavy atom. The topological polar surface area (TPSA) is 0 Å². The van der Waals surface area contributed by atoms with Crippen LogP contribution in [0.3, 0.4) is 0 Å². The second-order valence-corrected chi connectivity index (χ2v) is 1.32. The van der Waals surface area contributed by atoms with Gasteiger partial charge in [-0.3, -0.25) is 0 Å². The Kier molecular flexibility index (Phi) is 3.54. The molecule has 0 saturated heterocycles. The van der Waals surface area contributed by atoms with Crippen molar-refractivity contribution in [2.24, 2.45) is 0 Å². The Bertz CT molecular complexity index is 52.0. The van der Waals surface area contributed by atoms with Gasteiger partial charge >= 0.3 is 0 Å². The lowest BCUT2D eigenvalue weighted by Gasteiger charge is -1.48. The van der Waals surface area contributed by atoms with Crippen LogP contribution in [-0.4, -0.2) is 10.2 Å². The standard InChI is InChI=1S/C4H8Si/c1-2-3-4-5/h2,4H,1,5H3. The molecule has 0 bridgehead atoms. The van der Waals surface area contributed by atoms with E-state index in [0.717, 1.165) is 10.2 Å². The Morgan fingerprint density at radius 3 is 2.40 bits per heavy atom. The van der Waals surface area contributed by atoms with Gasteiger partial charge in [0.2, 0.25) is 0 Å². The Morgan fingerprint density at radius 1 is 1.80 bits per heavy atom. The average molecular weight is 84.2 g/mol. The van der Waals surface area contributed by atoms with Gasteiger partial charge in [-0.05, 0) is 13.0 Å². The molecule has 5 heavy (non-hydrogen) atoms. The van der Waals surface area contributed by atoms with Crippen LogP contribution in [0.2, 0.25) is 0 Å². The highest BCUT2D eigenvalue weighted by atomic mass is 28.1. The van der Waals surface area contributed by atoms with Crippen LogP contribution in [0.25, 0.3) is 0 Å². The second kappa shape index (κ2) is 3.74. The number of allylic oxidation sites excluding steroid dienone is 1. The van der Waals surface area contributed by atoms with E-state index in [1.807, 2.05) is 18.7 Å². The molecule has 28 valence electrons. The fourth-order valence-corrected chi connectivity index (χ4v) is 0.500. The van der Waals surface area contributed by atoms with Gasteiger partial charge in [0.05, 0.1) is 0 Å². The molecule has 0 atom stereocenters. The molecule has 0 fully saturated rings. The zero-order chi connectivity index (χ0) is 4.12. The van der Waals surface area contributed by atoms with Gasteiger partial charge in [0, 0.05) is 10.2 Å². The first kappa shape index (κ1) is 4.74. The molecule has 0 aliphatic rings. The monoisotopic (exact) mass is 84.0 g/mol. The summed E-state index contributed by atoms with van der Waals surface area (Å²) in [5.41, 5.74) is 4.94. The maximum Gasteiger partial charge on any atom is 0.0390 e. The fraction of sp³-hybridized carbons (Fsp3) is 0.250. The van der Waals surface area contributed by atoms with Crippen molar-refractivity contribution in [3.05, 3.63) is 17.5 Å². The van der Waals surface area contributed by atoms with Crippen LogP contribution >= 0.6 is 0 Å². The van der Waals surface area contributed by atoms with Gasteiger partial charge in [-0.2, -0.15) is 0 Å². The predicted molar refractivity (Wildman–Crippen MR) is 28.3 cm³/mol. The minimum atomic E-state index is 1.13. The molecular formula is C4H8Si. The lowest BCUT2D eigenvalue weighted by atomic mass is 10.7. The van der Waals surface area contributed by atoms with E-state index >= 15 is 0 Å². The highest BCUT2D eigenvalue weighted by molar-refractivity contribution is 6.16. The normalized spacial score (nSPS) is 5.80. The van der Waals surface area contributed by atoms with Gasteiger partial charge in [0.25, 0.3) is 0 Å². The van der Waals surface area contributed by atoms with Gasteiger partial charge in [-0.25, -0.2) is 0 Å². The maximum atomic E-state index is 2.92. The van der Waals surface area contributed by atoms with E-state index < -0.39 is 0 Å². The van der Waals surface area contributed by atoms with Crippen molar-refractivity contribution in [2.45, 2.75) is 6.92 Å². The fourth-order valence-electron chi connectivity index (χ4n) is 0.167. The van der Waals surface area contributed by atoms with E-state index in [9.17, 15) is 0 Å². The molecule has 0 spiro atoms. The molecule has 0 aromatic carbocycles. The van der Waals surface area contributed by atoms with Crippen LogP contribution in [0.4, 0.5) is 0 Å². The largest absolute Gasteiger partial charge is 0.135 e. The van der Waals surface area contributed by atoms with E-state index in [1.54, 1.807) is 0 Å². The molecule has 0 aromatic rings. The first-order valence-corrected chi connectivity index (χ1v) is 2.89. The van der Waals surface area contributed by atoms with Crippen molar-refractivity contribution in [1.82, 2.24) is 0 Å². The molecule has 0 heterocycles. The Balaban J connectivity index is 3.26. The smallest absolute Gasteiger partial charge is 0.0390 e. The van der Waals surface area contributed by atoms with Gasteiger partial charge in [0.1, 0.15) is 0 Å². The summed E-state index contributed by atoms with van der Waals surface area (Å²) in [6.07, 6.45) is 1.91. The van der Waals surface area contributed by atoms with Crippen LogP contribution < -0.4 is 0 Å². The predicted octanol–water partition coefficient (Wildman–Crippen LogP) is 0.0405. The van der Waals surface area contributed by atoms with Gasteiger partial charge in [-0.15, -0.1) is 5.73 Å². The molecule has 0 rings (SSSR count). The quantitative estimate of drug-likeness (QED) is 0.287. The molecule has 0 unspecified atom stereocenters. The van der Waals surface area contributed by atoms with Crippen molar-refractivity contribution in [1.29, 1.82) is 0 Å². The molecule has 1 heteroatoms. The lowest BCUT2D eigenvalue weighted by molar-refractivity contribution is 1.78. The van der Waals surface area contributed by atoms with Crippen molar-refractivity contribution >= 4 is 10.2 Å². The number of rotatable bonds is 0. The summed E-state index contributed by atoms with van der Waals surface area (Å²) >= 11 is 0. The van der Waals surface area contributed by atoms with Crippen LogP contribution in [0.1, 0.15) is 6.92 Å². The SMILES string of the molecule is CC=C=C[SiH3]. The van der Waals surface area contributed by atoms with E-state index in [-0.39, 0.29) is 0 Å². The minimum Gasteiger partial charge on any atom is -0.135 e. The summed E-state index contributed by atoms with van der Waals surface area (Å²) in [5, 5.41) is 0. The first-order valence-electron chi connectivity index (χ1n) is 1.73. The molecular weight excluding hydrogens is 76.1 g/mol. The van der Waals surface area contributed by atoms with Crippen molar-refractivity contribution in [3.63, 3.8) is 0 Å². The Hall–Kier alpha value is -0.263. The maximum absolute atomic E-state index is 2.92. The molecule has 0 radical (unpaired) electrons. The van der Waals surface area contributed by atoms with Gasteiger partial charge < -0.3 is 0 Å². The van der Waals surface area contributed by atoms with Crippen molar-refractivity contribution in [2.75, 3.05) is 0 Å². The van der Waals surface area contributed by atoms with E-state index in [2.05, 4.69) is 5.73 Å². The second-order valence-electron chi connectivity index (χ2n) is 0.744. The highest BCUT2D eigenvalue weighted by Crippen LogP contribution is 1.53. The van der Waals surface area contributed by atoms with E-state index in [0.29, 0.717) is 0 Å². The molecule has 0 nitrogen and oxygen atoms in total. The molecule has 0 aliphatic carbocycles. The molecule has 0 saturated carbocycles. The first-order chi connectivity index (χ1) is 2.41. The Labute approximate surface area is 35.6 Å². The highest BCUT2D eigenvalue weighted by Gasteiger charge is 1.36. The number of hydrogen-bond acceptors (Lipinski definition) is 0. The van der Waals surface area contributed by atoms with Crippen molar-refractivity contribution in [3.8, 4) is 0 Å². The zero-order valence-corrected chi connectivity index (χ0v) is 5.65. The third-order valence-corrected chi connectivity index (χ3v) is 0.667. The van der Waals surface area contributed by atoms with Crippen LogP contribution in [-0.2, 0) is 0 Å². The summed E-state index contributed by atoms with van der Waals surface area (Å²) < 4.78 is 0. The van der Waals surface area contributed by atoms with E-state index in [4.69, 9.17) is 0 Å². The van der Waals surface area contributed by atoms with Gasteiger partial charge in [0.15, 0.2) is 0 Å². The lowest BCUT2D eigenvalue weighted by Crippen LogP contribution is -1.37. The number of hydrogen-bond donors (Lipinski definition) is 0. The zero-order valence-electron chi connectivity index (χ0n) is 3.65. The molecule has 0 amide bonds. The summed E-state index contributed by atoms with van der Waals surface area (Å²) in [6.45, 7) is 1.97. The van der Waals surface area contributed by atoms with Crippen LogP contribution in [0.15, 0.2) is 17.5 Å². The summed E-state index contributed by atoms with van der Waals surface area (Å²) in [5.74, 6) is 0. The van der Waals surface area contributed by atoms with E-state index in [1.165, 1.54) is 0 Å². The third-order valence-electron chi connectivity index (χ3n) is 0.333. The van der Waals surface area contributed by atoms with Gasteiger partial charge in [-0.1, -0.05) is 5.70 Å². The van der Waals surface area contributed by atoms with Crippen molar-refractivity contribution < 1.29 is 0 Å². The summed E-state index contributed by atoms with van der Waals surface area (Å²) in [7, 11) is 1.13. The summed E-state index contributed by atoms with van der Waals surface area (Å²) in [4.78, 5) is 0. The van der Waals surface area contributed by atoms with Crippen LogP contribution in [0.5, 0.6) is 0 Å². The molecule has 0 aliphatic heterocycles. The summed E-state index contributed by atoms with van der Waals surface area (Å²) in [6, 6.07) is 0. The third kappa shape index (κ3) is 3.74. The van der Waals surface area contributed by atoms with Crippen LogP contribution in [0, 0.1) is 0 Å². The average Bonchev–Trinajstić information content (AvgIpc) is 1.41. The molecule has 0 N–H and O–H groups in total. The minimum absolute atomic E-state index is 1.13. The molecule has 0 aromatic heterocycles.